The smallest absolute Gasteiger partial charge is 0.330 e. The number of allylic oxidation sites excluding steroid dienone is 3. The van der Waals surface area contributed by atoms with Crippen molar-refractivity contribution in [3.8, 4) is 0 Å². The molecule has 0 aromatic rings. The minimum Gasteiger partial charge on any atom is -0.478 e. The van der Waals surface area contributed by atoms with Gasteiger partial charge in [0, 0.05) is 30.8 Å². The van der Waals surface area contributed by atoms with E-state index in [-0.39, 0.29) is 5.92 Å². The van der Waals surface area contributed by atoms with Gasteiger partial charge in [-0.3, -0.25) is 0 Å². The van der Waals surface area contributed by atoms with Crippen LogP contribution in [0.5, 0.6) is 0 Å². The van der Waals surface area contributed by atoms with E-state index < -0.39 is 5.97 Å². The fourth-order valence-electron chi connectivity index (χ4n) is 2.40. The maximum Gasteiger partial charge on any atom is 0.330 e. The number of carboxylic acid groups (broad SMARTS) is 1. The van der Waals surface area contributed by atoms with Gasteiger partial charge in [-0.05, 0) is 25.2 Å². The number of nitrogens with zero attached hydrogens (tertiary/aromatic N) is 1. The van der Waals surface area contributed by atoms with Crippen molar-refractivity contribution in [3.63, 3.8) is 0 Å². The standard InChI is InChI=1S/C15H25NO2/c1-4-5-8-12(2)13(3)14(11-15(17)18)16-9-6-7-10-16/h5,8,11-13H,4,6-7,9-10H2,1-3H3,(H,17,18)/b8-5+,14-11-/t12-,13+/m1/s1. The average molecular weight is 251 g/mol. The van der Waals surface area contributed by atoms with Crippen LogP contribution < -0.4 is 0 Å². The van der Waals surface area contributed by atoms with Crippen LogP contribution in [0.2, 0.25) is 0 Å². The zero-order chi connectivity index (χ0) is 13.5. The van der Waals surface area contributed by atoms with E-state index in [1.165, 1.54) is 18.9 Å². The van der Waals surface area contributed by atoms with Crippen LogP contribution in [0.3, 0.4) is 0 Å². The van der Waals surface area contributed by atoms with E-state index in [9.17, 15) is 4.79 Å². The van der Waals surface area contributed by atoms with E-state index in [0.29, 0.717) is 5.92 Å². The summed E-state index contributed by atoms with van der Waals surface area (Å²) in [7, 11) is 0. The third-order valence-corrected chi connectivity index (χ3v) is 3.67. The maximum atomic E-state index is 11.0. The molecule has 3 nitrogen and oxygen atoms in total. The molecule has 0 unspecified atom stereocenters. The van der Waals surface area contributed by atoms with E-state index in [0.717, 1.165) is 25.2 Å². The van der Waals surface area contributed by atoms with Gasteiger partial charge in [0.05, 0.1) is 0 Å². The Balaban J connectivity index is 2.81. The van der Waals surface area contributed by atoms with Gasteiger partial charge in [-0.2, -0.15) is 0 Å². The van der Waals surface area contributed by atoms with Gasteiger partial charge in [-0.15, -0.1) is 0 Å². The Hall–Kier alpha value is -1.25. The molecule has 102 valence electrons. The van der Waals surface area contributed by atoms with Gasteiger partial charge >= 0.3 is 5.97 Å². The van der Waals surface area contributed by atoms with Gasteiger partial charge in [0.15, 0.2) is 0 Å². The van der Waals surface area contributed by atoms with Crippen LogP contribution in [0, 0.1) is 11.8 Å². The summed E-state index contributed by atoms with van der Waals surface area (Å²) in [6.45, 7) is 8.38. The first kappa shape index (κ1) is 14.8. The lowest BCUT2D eigenvalue weighted by molar-refractivity contribution is -0.131. The first-order valence-electron chi connectivity index (χ1n) is 6.92. The van der Waals surface area contributed by atoms with Crippen molar-refractivity contribution in [2.45, 2.75) is 40.0 Å². The van der Waals surface area contributed by atoms with Crippen LogP contribution in [-0.2, 0) is 4.79 Å². The van der Waals surface area contributed by atoms with Gasteiger partial charge in [-0.1, -0.05) is 32.9 Å². The molecule has 0 saturated carbocycles. The van der Waals surface area contributed by atoms with E-state index in [4.69, 9.17) is 5.11 Å². The fraction of sp³-hybridized carbons (Fsp3) is 0.667. The maximum absolute atomic E-state index is 11.0. The summed E-state index contributed by atoms with van der Waals surface area (Å²) in [5.41, 5.74) is 0.980. The van der Waals surface area contributed by atoms with Crippen molar-refractivity contribution >= 4 is 5.97 Å². The Labute approximate surface area is 110 Å². The molecule has 2 atom stereocenters. The molecule has 0 spiro atoms. The second-order valence-corrected chi connectivity index (χ2v) is 5.09. The number of carboxylic acids is 1. The molecule has 1 aliphatic heterocycles. The molecule has 1 N–H and O–H groups in total. The number of hydrogen-bond acceptors (Lipinski definition) is 2. The lowest BCUT2D eigenvalue weighted by atomic mass is 9.91. The Morgan fingerprint density at radius 1 is 1.33 bits per heavy atom. The summed E-state index contributed by atoms with van der Waals surface area (Å²) in [6.07, 6.45) is 9.11. The van der Waals surface area contributed by atoms with Crippen LogP contribution in [0.25, 0.3) is 0 Å². The molecule has 0 aromatic carbocycles. The van der Waals surface area contributed by atoms with E-state index in [1.807, 2.05) is 0 Å². The summed E-state index contributed by atoms with van der Waals surface area (Å²) >= 11 is 0. The Bertz CT molecular complexity index is 327. The Morgan fingerprint density at radius 3 is 2.44 bits per heavy atom. The molecule has 0 bridgehead atoms. The summed E-state index contributed by atoms with van der Waals surface area (Å²) in [6, 6.07) is 0. The van der Waals surface area contributed by atoms with Crippen LogP contribution in [-0.4, -0.2) is 29.1 Å². The van der Waals surface area contributed by atoms with Gasteiger partial charge in [0.2, 0.25) is 0 Å². The molecule has 0 aromatic heterocycles. The van der Waals surface area contributed by atoms with Gasteiger partial charge < -0.3 is 10.0 Å². The molecule has 0 amide bonds. The lowest BCUT2D eigenvalue weighted by Crippen LogP contribution is -2.26. The van der Waals surface area contributed by atoms with Gasteiger partial charge in [0.1, 0.15) is 0 Å². The highest BCUT2D eigenvalue weighted by Gasteiger charge is 2.23. The number of likely N-dealkylation sites (tertiary alicyclic amines) is 1. The average Bonchev–Trinajstić information content (AvgIpc) is 2.85. The molecule has 18 heavy (non-hydrogen) atoms. The van der Waals surface area contributed by atoms with Crippen LogP contribution in [0.4, 0.5) is 0 Å². The van der Waals surface area contributed by atoms with Crippen molar-refractivity contribution in [1.82, 2.24) is 4.90 Å². The third-order valence-electron chi connectivity index (χ3n) is 3.67. The molecule has 1 saturated heterocycles. The predicted octanol–water partition coefficient (Wildman–Crippen LogP) is 3.29. The first-order valence-corrected chi connectivity index (χ1v) is 6.92. The molecular weight excluding hydrogens is 226 g/mol. The lowest BCUT2D eigenvalue weighted by Gasteiger charge is -2.29. The summed E-state index contributed by atoms with van der Waals surface area (Å²) in [5, 5.41) is 9.03. The molecule has 3 heteroatoms. The summed E-state index contributed by atoms with van der Waals surface area (Å²) < 4.78 is 0. The molecule has 1 fully saturated rings. The predicted molar refractivity (Wildman–Crippen MR) is 74.3 cm³/mol. The highest BCUT2D eigenvalue weighted by molar-refractivity contribution is 5.80. The molecule has 0 aliphatic carbocycles. The quantitative estimate of drug-likeness (QED) is 0.581. The molecule has 1 aliphatic rings. The Kier molecular flexibility index (Phi) is 5.96. The highest BCUT2D eigenvalue weighted by Crippen LogP contribution is 2.27. The number of aliphatic carboxylic acids is 1. The minimum atomic E-state index is -0.838. The number of rotatable bonds is 6. The molecule has 1 heterocycles. The van der Waals surface area contributed by atoms with Crippen LogP contribution in [0.15, 0.2) is 23.9 Å². The van der Waals surface area contributed by atoms with Gasteiger partial charge in [-0.25, -0.2) is 4.79 Å². The molecule has 1 rings (SSSR count). The van der Waals surface area contributed by atoms with Crippen molar-refractivity contribution in [3.05, 3.63) is 23.9 Å². The van der Waals surface area contributed by atoms with E-state index >= 15 is 0 Å². The fourth-order valence-corrected chi connectivity index (χ4v) is 2.40. The number of carbonyl (C=O) groups is 1. The van der Waals surface area contributed by atoms with Crippen molar-refractivity contribution in [2.75, 3.05) is 13.1 Å². The summed E-state index contributed by atoms with van der Waals surface area (Å²) in [5.74, 6) is -0.214. The SMILES string of the molecule is CC/C=C/[C@@H](C)[C@H](C)/C(=C/C(=O)O)N1CCCC1. The van der Waals surface area contributed by atoms with E-state index in [1.54, 1.807) is 0 Å². The van der Waals surface area contributed by atoms with Crippen molar-refractivity contribution in [2.24, 2.45) is 11.8 Å². The number of hydrogen-bond donors (Lipinski definition) is 1. The monoisotopic (exact) mass is 251 g/mol. The van der Waals surface area contributed by atoms with E-state index in [2.05, 4.69) is 37.8 Å². The normalized spacial score (nSPS) is 20.4. The zero-order valence-electron chi connectivity index (χ0n) is 11.7. The first-order chi connectivity index (χ1) is 8.56. The Morgan fingerprint density at radius 2 is 1.94 bits per heavy atom. The third kappa shape index (κ3) is 4.21. The van der Waals surface area contributed by atoms with Crippen molar-refractivity contribution in [1.29, 1.82) is 0 Å². The molecular formula is C15H25NO2. The largest absolute Gasteiger partial charge is 0.478 e. The van der Waals surface area contributed by atoms with Crippen LogP contribution in [0.1, 0.15) is 40.0 Å². The molecule has 0 radical (unpaired) electrons. The topological polar surface area (TPSA) is 40.5 Å². The zero-order valence-corrected chi connectivity index (χ0v) is 11.7. The summed E-state index contributed by atoms with van der Waals surface area (Å²) in [4.78, 5) is 13.2. The highest BCUT2D eigenvalue weighted by atomic mass is 16.4. The minimum absolute atomic E-state index is 0.252. The van der Waals surface area contributed by atoms with Crippen LogP contribution >= 0.6 is 0 Å². The van der Waals surface area contributed by atoms with Gasteiger partial charge in [0.25, 0.3) is 0 Å². The van der Waals surface area contributed by atoms with Crippen molar-refractivity contribution < 1.29 is 9.90 Å². The second-order valence-electron chi connectivity index (χ2n) is 5.09. The second kappa shape index (κ2) is 7.24.